The zero-order chi connectivity index (χ0) is 68.6. The molecule has 12 aromatic rings. The molecule has 0 saturated heterocycles. The van der Waals surface area contributed by atoms with Crippen molar-refractivity contribution >= 4 is 123 Å². The molecule has 4 aliphatic rings. The molecule has 4 atom stereocenters. The number of benzene rings is 8. The Labute approximate surface area is 605 Å². The molecular weight excluding hydrogens is 1360 g/mol. The monoisotopic (exact) mass is 1440 g/mol. The molecular formula is C90H78Cl2O4Si2Zr-4. The number of fused-ring (bicyclic) bond motifs is 8. The summed E-state index contributed by atoms with van der Waals surface area (Å²) in [5, 5.41) is 15.5. The van der Waals surface area contributed by atoms with E-state index >= 15 is 0 Å². The minimum atomic E-state index is -1.13. The van der Waals surface area contributed by atoms with Gasteiger partial charge in [0.1, 0.15) is 23.0 Å². The maximum atomic E-state index is 5.75. The fourth-order valence-corrected chi connectivity index (χ4v) is 22.0. The van der Waals surface area contributed by atoms with Crippen LogP contribution in [0, 0.1) is 27.7 Å². The molecule has 0 bridgehead atoms. The van der Waals surface area contributed by atoms with Crippen molar-refractivity contribution in [2.24, 2.45) is 0 Å². The van der Waals surface area contributed by atoms with Crippen LogP contribution in [0.25, 0.3) is 67.4 Å². The van der Waals surface area contributed by atoms with Crippen LogP contribution in [-0.4, -0.2) is 46.0 Å². The van der Waals surface area contributed by atoms with Gasteiger partial charge in [-0.15, -0.1) is 91.6 Å². The van der Waals surface area contributed by atoms with E-state index in [0.29, 0.717) is 0 Å². The summed E-state index contributed by atoms with van der Waals surface area (Å²) in [5.41, 5.74) is 21.8. The average Bonchev–Trinajstić information content (AvgIpc) is 1.66. The molecule has 0 aliphatic heterocycles. The summed E-state index contributed by atoms with van der Waals surface area (Å²) in [6.07, 6.45) is 36.6. The van der Waals surface area contributed by atoms with Crippen LogP contribution in [0.2, 0.25) is 13.1 Å². The van der Waals surface area contributed by atoms with Gasteiger partial charge < -0.3 is 18.9 Å². The van der Waals surface area contributed by atoms with Crippen molar-refractivity contribution in [1.29, 1.82) is 0 Å². The first-order chi connectivity index (χ1) is 48.3. The summed E-state index contributed by atoms with van der Waals surface area (Å²) >= 11 is -0.826. The van der Waals surface area contributed by atoms with E-state index in [0.717, 1.165) is 44.5 Å². The van der Waals surface area contributed by atoms with Crippen molar-refractivity contribution in [1.82, 2.24) is 0 Å². The zero-order valence-electron chi connectivity index (χ0n) is 57.6. The van der Waals surface area contributed by atoms with Crippen LogP contribution in [0.3, 0.4) is 0 Å². The summed E-state index contributed by atoms with van der Waals surface area (Å²) in [7, 11) is 14.6. The number of rotatable bonds is 12. The van der Waals surface area contributed by atoms with E-state index in [2.05, 4.69) is 308 Å². The fraction of sp³-hybridized carbons (Fsp3) is 0.156. The SMILES string of the molecule is COc1cccc2ccc(C3C=CC=Cc4c3cc(C)[c-]4[Si](C)[c-]3c(C)cc4c3C=CC=CC4c3ccc4cccc(OC)c4c3)cc12.COc1cccc2ccc(C3C=CC=Cc4c3cc(C)[c-]4[Si](C)[c-]3c(C)cc4c3C=CC=CC4c3ccc4cccc(OC)c4c3)cc12.[Cl][Zr][Cl]. The third kappa shape index (κ3) is 12.7. The molecule has 12 aromatic carbocycles. The Hall–Kier alpha value is -8.78. The van der Waals surface area contributed by atoms with Crippen molar-refractivity contribution in [3.63, 3.8) is 0 Å². The molecule has 492 valence electrons. The van der Waals surface area contributed by atoms with Gasteiger partial charge in [0.25, 0.3) is 0 Å². The molecule has 0 saturated carbocycles. The maximum absolute atomic E-state index is 5.75. The minimum absolute atomic E-state index is 0.169. The topological polar surface area (TPSA) is 36.9 Å². The summed E-state index contributed by atoms with van der Waals surface area (Å²) in [6.45, 7) is 14.3. The molecule has 2 radical (unpaired) electrons. The molecule has 0 amide bonds. The van der Waals surface area contributed by atoms with Gasteiger partial charge in [-0.05, 0) is 116 Å². The molecule has 16 rings (SSSR count). The predicted octanol–water partition coefficient (Wildman–Crippen LogP) is 20.8. The molecule has 9 heteroatoms. The molecule has 4 aliphatic carbocycles. The Morgan fingerprint density at radius 1 is 0.313 bits per heavy atom. The van der Waals surface area contributed by atoms with Gasteiger partial charge >= 0.3 is 37.9 Å². The number of ether oxygens (including phenoxy) is 4. The first-order valence-corrected chi connectivity index (χ1v) is 44.2. The van der Waals surface area contributed by atoms with E-state index in [1.165, 1.54) is 131 Å². The van der Waals surface area contributed by atoms with Gasteiger partial charge in [0.05, 0.1) is 28.4 Å². The van der Waals surface area contributed by atoms with Crippen molar-refractivity contribution in [3.05, 3.63) is 332 Å². The average molecular weight is 1440 g/mol. The number of methoxy groups -OCH3 is 4. The summed E-state index contributed by atoms with van der Waals surface area (Å²) in [4.78, 5) is 0. The van der Waals surface area contributed by atoms with E-state index in [1.54, 1.807) is 28.4 Å². The van der Waals surface area contributed by atoms with Crippen LogP contribution in [0.5, 0.6) is 23.0 Å². The van der Waals surface area contributed by atoms with E-state index in [4.69, 9.17) is 36.0 Å². The quantitative estimate of drug-likeness (QED) is 0.0902. The molecule has 4 nitrogen and oxygen atoms in total. The molecule has 0 aromatic heterocycles. The predicted molar refractivity (Wildman–Crippen MR) is 423 cm³/mol. The number of halogens is 2. The van der Waals surface area contributed by atoms with E-state index in [-0.39, 0.29) is 23.7 Å². The molecule has 0 spiro atoms. The molecule has 0 N–H and O–H groups in total. The Balaban J connectivity index is 0.000000163. The first kappa shape index (κ1) is 67.4. The molecule has 0 heterocycles. The third-order valence-electron chi connectivity index (χ3n) is 20.7. The van der Waals surface area contributed by atoms with Crippen LogP contribution < -0.4 is 39.7 Å². The van der Waals surface area contributed by atoms with Crippen LogP contribution in [0.15, 0.2) is 243 Å². The molecule has 0 fully saturated rings. The second-order valence-corrected chi connectivity index (χ2v) is 34.5. The summed E-state index contributed by atoms with van der Waals surface area (Å²) in [6, 6.07) is 62.2. The van der Waals surface area contributed by atoms with Crippen LogP contribution in [0.4, 0.5) is 0 Å². The number of hydrogen-bond acceptors (Lipinski definition) is 4. The van der Waals surface area contributed by atoms with Gasteiger partial charge in [-0.3, -0.25) is 0 Å². The van der Waals surface area contributed by atoms with Gasteiger partial charge in [-0.1, -0.05) is 186 Å². The van der Waals surface area contributed by atoms with E-state index in [1.807, 2.05) is 0 Å². The summed E-state index contributed by atoms with van der Waals surface area (Å²) in [5.74, 6) is 4.34. The van der Waals surface area contributed by atoms with Gasteiger partial charge in [-0.25, -0.2) is 0 Å². The van der Waals surface area contributed by atoms with Crippen molar-refractivity contribution in [3.8, 4) is 23.0 Å². The zero-order valence-corrected chi connectivity index (χ0v) is 63.6. The number of aryl methyl sites for hydroxylation is 4. The molecule has 4 unspecified atom stereocenters. The Morgan fingerprint density at radius 2 is 0.535 bits per heavy atom. The van der Waals surface area contributed by atoms with Gasteiger partial charge in [0.15, 0.2) is 0 Å². The van der Waals surface area contributed by atoms with Crippen molar-refractivity contribution in [2.45, 2.75) is 64.5 Å². The standard InChI is InChI=1S/2C45H39O2Si.2ClH.Zr/c2*1-28-24-40-34(32-22-20-30-12-10-18-42(46-3)38(30)26-32)14-6-8-16-36(40)44(28)48(5)45-29(2)25-41-35(15-7-9-17-37(41)45)33-23-21-31-13-11-19-43(47-4)39(31)27-33;;;/h2*6-27,34-35H,1-5H3;2*1H;/q2*-2;;;+2/p-2. The first-order valence-electron chi connectivity index (χ1n) is 33.9. The fourth-order valence-electron chi connectivity index (χ4n) is 16.4. The third-order valence-corrected chi connectivity index (χ3v) is 26.4. The molecule has 99 heavy (non-hydrogen) atoms. The number of allylic oxidation sites excluding steroid dienone is 12. The van der Waals surface area contributed by atoms with Crippen molar-refractivity contribution < 1.29 is 39.8 Å². The second-order valence-electron chi connectivity index (χ2n) is 26.3. The second kappa shape index (κ2) is 29.2. The normalized spacial score (nSPS) is 16.3. The van der Waals surface area contributed by atoms with Gasteiger partial charge in [0, 0.05) is 39.1 Å². The van der Waals surface area contributed by atoms with E-state index < -0.39 is 38.4 Å². The number of hydrogen-bond donors (Lipinski definition) is 0. The summed E-state index contributed by atoms with van der Waals surface area (Å²) < 4.78 is 23.0. The van der Waals surface area contributed by atoms with Crippen molar-refractivity contribution in [2.75, 3.05) is 28.4 Å². The van der Waals surface area contributed by atoms with Gasteiger partial charge in [-0.2, -0.15) is 68.8 Å². The Kier molecular flexibility index (Phi) is 19.9. The van der Waals surface area contributed by atoms with Crippen LogP contribution in [-0.2, 0) is 20.8 Å². The van der Waals surface area contributed by atoms with Crippen LogP contribution in [0.1, 0.15) is 113 Å². The Morgan fingerprint density at radius 3 is 0.747 bits per heavy atom. The van der Waals surface area contributed by atoms with E-state index in [9.17, 15) is 0 Å². The van der Waals surface area contributed by atoms with Crippen LogP contribution >= 0.6 is 17.0 Å². The Bertz CT molecular complexity index is 4690. The van der Waals surface area contributed by atoms with Gasteiger partial charge in [0.2, 0.25) is 0 Å².